The molecule has 2 heterocycles. The van der Waals surface area contributed by atoms with Gasteiger partial charge in [0.05, 0.1) is 6.42 Å². The third-order valence-electron chi connectivity index (χ3n) is 4.08. The number of carbonyl (C=O) groups excluding carboxylic acids is 1. The van der Waals surface area contributed by atoms with E-state index in [1.165, 1.54) is 0 Å². The molecule has 4 aromatic rings. The van der Waals surface area contributed by atoms with Crippen LogP contribution in [-0.2, 0) is 11.2 Å². The Hall–Kier alpha value is -2.85. The van der Waals surface area contributed by atoms with E-state index in [1.54, 1.807) is 11.3 Å². The zero-order chi connectivity index (χ0) is 17.1. The molecule has 0 aliphatic rings. The summed E-state index contributed by atoms with van der Waals surface area (Å²) in [5, 5.41) is 6.14. The van der Waals surface area contributed by atoms with Crippen molar-refractivity contribution < 1.29 is 9.21 Å². The predicted molar refractivity (Wildman–Crippen MR) is 101 cm³/mol. The molecule has 0 spiro atoms. The number of furan rings is 1. The second-order valence-corrected chi connectivity index (χ2v) is 6.89. The maximum Gasteiger partial charge on any atom is 0.226 e. The van der Waals surface area contributed by atoms with Crippen LogP contribution in [-0.4, -0.2) is 5.91 Å². The molecule has 0 unspecified atom stereocenters. The number of amides is 1. The topological polar surface area (TPSA) is 42.2 Å². The molecule has 4 rings (SSSR count). The third-order valence-corrected chi connectivity index (χ3v) is 4.96. The average molecular weight is 347 g/mol. The Balaban J connectivity index is 1.65. The minimum Gasteiger partial charge on any atom is -0.459 e. The van der Waals surface area contributed by atoms with Crippen molar-refractivity contribution in [1.29, 1.82) is 0 Å². The Labute approximate surface area is 149 Å². The van der Waals surface area contributed by atoms with Gasteiger partial charge in [-0.15, -0.1) is 11.3 Å². The maximum atomic E-state index is 12.5. The lowest BCUT2D eigenvalue weighted by molar-refractivity contribution is -0.121. The Kier molecular flexibility index (Phi) is 4.36. The van der Waals surface area contributed by atoms with Crippen LogP contribution in [0.5, 0.6) is 0 Å². The third kappa shape index (κ3) is 3.49. The molecule has 0 saturated heterocycles. The van der Waals surface area contributed by atoms with E-state index in [1.807, 2.05) is 78.2 Å². The minimum atomic E-state index is -0.305. The molecule has 1 amide bonds. The predicted octanol–water partition coefficient (Wildman–Crippen LogP) is 4.94. The Morgan fingerprint density at radius 1 is 1.00 bits per heavy atom. The summed E-state index contributed by atoms with van der Waals surface area (Å²) in [7, 11) is 0. The van der Waals surface area contributed by atoms with Gasteiger partial charge in [-0.1, -0.05) is 54.6 Å². The summed E-state index contributed by atoms with van der Waals surface area (Å²) >= 11 is 1.59. The van der Waals surface area contributed by atoms with Crippen molar-refractivity contribution in [1.82, 2.24) is 5.32 Å². The Morgan fingerprint density at radius 3 is 2.56 bits per heavy atom. The SMILES string of the molecule is O=C(Cc1cccs1)N[C@H](c1ccccc1)c1cc2ccccc2o1. The fourth-order valence-corrected chi connectivity index (χ4v) is 3.60. The van der Waals surface area contributed by atoms with E-state index in [2.05, 4.69) is 5.32 Å². The molecule has 0 saturated carbocycles. The largest absolute Gasteiger partial charge is 0.459 e. The molecule has 2 aromatic heterocycles. The van der Waals surface area contributed by atoms with E-state index in [0.29, 0.717) is 6.42 Å². The second kappa shape index (κ2) is 6.95. The van der Waals surface area contributed by atoms with Crippen molar-refractivity contribution in [3.63, 3.8) is 0 Å². The van der Waals surface area contributed by atoms with Gasteiger partial charge in [0.1, 0.15) is 17.4 Å². The van der Waals surface area contributed by atoms with Gasteiger partial charge in [0.2, 0.25) is 5.91 Å². The monoisotopic (exact) mass is 347 g/mol. The first-order valence-electron chi connectivity index (χ1n) is 8.15. The van der Waals surface area contributed by atoms with E-state index in [4.69, 9.17) is 4.42 Å². The summed E-state index contributed by atoms with van der Waals surface area (Å²) in [6.07, 6.45) is 0.376. The van der Waals surface area contributed by atoms with Gasteiger partial charge in [0.25, 0.3) is 0 Å². The number of rotatable bonds is 5. The summed E-state index contributed by atoms with van der Waals surface area (Å²) in [6.45, 7) is 0. The van der Waals surface area contributed by atoms with Crippen molar-refractivity contribution >= 4 is 28.2 Å². The van der Waals surface area contributed by atoms with Crippen LogP contribution < -0.4 is 5.32 Å². The number of thiophene rings is 1. The molecule has 1 atom stereocenters. The fourth-order valence-electron chi connectivity index (χ4n) is 2.89. The fraction of sp³-hybridized carbons (Fsp3) is 0.0952. The standard InChI is InChI=1S/C21H17NO2S/c23-20(14-17-10-6-12-25-17)22-21(15-7-2-1-3-8-15)19-13-16-9-4-5-11-18(16)24-19/h1-13,21H,14H2,(H,22,23)/t21-/m1/s1. The molecular weight excluding hydrogens is 330 g/mol. The van der Waals surface area contributed by atoms with E-state index in [-0.39, 0.29) is 11.9 Å². The molecule has 3 nitrogen and oxygen atoms in total. The molecule has 0 radical (unpaired) electrons. The van der Waals surface area contributed by atoms with Gasteiger partial charge in [0.15, 0.2) is 0 Å². The van der Waals surface area contributed by atoms with Crippen molar-refractivity contribution in [2.24, 2.45) is 0 Å². The van der Waals surface area contributed by atoms with Crippen molar-refractivity contribution in [3.05, 3.63) is 94.4 Å². The highest BCUT2D eigenvalue weighted by atomic mass is 32.1. The van der Waals surface area contributed by atoms with Gasteiger partial charge in [-0.3, -0.25) is 4.79 Å². The van der Waals surface area contributed by atoms with Gasteiger partial charge >= 0.3 is 0 Å². The van der Waals surface area contributed by atoms with E-state index in [9.17, 15) is 4.79 Å². The smallest absolute Gasteiger partial charge is 0.226 e. The number of hydrogen-bond acceptors (Lipinski definition) is 3. The quantitative estimate of drug-likeness (QED) is 0.555. The van der Waals surface area contributed by atoms with Crippen LogP contribution in [0.3, 0.4) is 0 Å². The Morgan fingerprint density at radius 2 is 1.80 bits per heavy atom. The van der Waals surface area contributed by atoms with Crippen LogP contribution in [0, 0.1) is 0 Å². The molecule has 2 aromatic carbocycles. The van der Waals surface area contributed by atoms with Crippen molar-refractivity contribution in [2.75, 3.05) is 0 Å². The number of benzene rings is 2. The van der Waals surface area contributed by atoms with Gasteiger partial charge in [-0.05, 0) is 29.1 Å². The van der Waals surface area contributed by atoms with Crippen LogP contribution in [0.1, 0.15) is 22.2 Å². The van der Waals surface area contributed by atoms with Crippen LogP contribution in [0.25, 0.3) is 11.0 Å². The van der Waals surface area contributed by atoms with Crippen LogP contribution in [0.2, 0.25) is 0 Å². The number of nitrogens with one attached hydrogen (secondary N) is 1. The van der Waals surface area contributed by atoms with Crippen molar-refractivity contribution in [3.8, 4) is 0 Å². The summed E-state index contributed by atoms with van der Waals surface area (Å²) in [5.41, 5.74) is 1.83. The highest BCUT2D eigenvalue weighted by Gasteiger charge is 2.21. The van der Waals surface area contributed by atoms with E-state index in [0.717, 1.165) is 27.2 Å². The first-order chi connectivity index (χ1) is 12.3. The molecular formula is C21H17NO2S. The van der Waals surface area contributed by atoms with E-state index >= 15 is 0 Å². The normalized spacial score (nSPS) is 12.2. The summed E-state index contributed by atoms with van der Waals surface area (Å²) in [6, 6.07) is 23.4. The van der Waals surface area contributed by atoms with E-state index < -0.39 is 0 Å². The van der Waals surface area contributed by atoms with Gasteiger partial charge in [-0.2, -0.15) is 0 Å². The summed E-state index contributed by atoms with van der Waals surface area (Å²) in [4.78, 5) is 13.6. The summed E-state index contributed by atoms with van der Waals surface area (Å²) < 4.78 is 6.01. The zero-order valence-corrected chi connectivity index (χ0v) is 14.3. The average Bonchev–Trinajstić information content (AvgIpc) is 3.29. The number of hydrogen-bond donors (Lipinski definition) is 1. The van der Waals surface area contributed by atoms with Gasteiger partial charge in [-0.25, -0.2) is 0 Å². The molecule has 0 fully saturated rings. The number of carbonyl (C=O) groups is 1. The van der Waals surface area contributed by atoms with Gasteiger partial charge < -0.3 is 9.73 Å². The molecule has 0 aliphatic heterocycles. The second-order valence-electron chi connectivity index (χ2n) is 5.85. The van der Waals surface area contributed by atoms with Crippen LogP contribution in [0.15, 0.2) is 82.6 Å². The summed E-state index contributed by atoms with van der Waals surface area (Å²) in [5.74, 6) is 0.726. The lowest BCUT2D eigenvalue weighted by Crippen LogP contribution is -2.30. The highest BCUT2D eigenvalue weighted by molar-refractivity contribution is 7.10. The van der Waals surface area contributed by atoms with Crippen LogP contribution in [0.4, 0.5) is 0 Å². The molecule has 4 heteroatoms. The lowest BCUT2D eigenvalue weighted by atomic mass is 10.0. The minimum absolute atomic E-state index is 0.0169. The highest BCUT2D eigenvalue weighted by Crippen LogP contribution is 2.28. The molecule has 0 aliphatic carbocycles. The first-order valence-corrected chi connectivity index (χ1v) is 9.03. The van der Waals surface area contributed by atoms with Crippen molar-refractivity contribution in [2.45, 2.75) is 12.5 Å². The Bertz CT molecular complexity index is 940. The van der Waals surface area contributed by atoms with Gasteiger partial charge in [0, 0.05) is 10.3 Å². The molecule has 0 bridgehead atoms. The molecule has 25 heavy (non-hydrogen) atoms. The maximum absolute atomic E-state index is 12.5. The zero-order valence-electron chi connectivity index (χ0n) is 13.5. The molecule has 1 N–H and O–H groups in total. The molecule has 124 valence electrons. The number of fused-ring (bicyclic) bond motifs is 1. The number of para-hydroxylation sites is 1. The lowest BCUT2D eigenvalue weighted by Gasteiger charge is -2.17. The first kappa shape index (κ1) is 15.7. The van der Waals surface area contributed by atoms with Crippen LogP contribution >= 0.6 is 11.3 Å².